The Morgan fingerprint density at radius 3 is 2.49 bits per heavy atom. The Labute approximate surface area is 299 Å². The predicted octanol–water partition coefficient (Wildman–Crippen LogP) is 7.78. The maximum Gasteiger partial charge on any atom is 0.408 e. The molecule has 1 aromatic heterocycles. The van der Waals surface area contributed by atoms with Gasteiger partial charge in [0.25, 0.3) is 0 Å². The number of thioether (sulfide) groups is 2. The zero-order valence-corrected chi connectivity index (χ0v) is 29.4. The van der Waals surface area contributed by atoms with Crippen LogP contribution in [0.3, 0.4) is 0 Å². The molecule has 3 heterocycles. The molecule has 2 atom stereocenters. The molecule has 0 aliphatic carbocycles. The maximum atomic E-state index is 14.3. The number of carbonyl (C=O) groups is 3. The number of rotatable bonds is 14. The number of esters is 1. The van der Waals surface area contributed by atoms with Crippen molar-refractivity contribution in [3.05, 3.63) is 119 Å². The number of anilines is 1. The minimum Gasteiger partial charge on any atom is -0.450 e. The van der Waals surface area contributed by atoms with E-state index < -0.39 is 23.5 Å². The van der Waals surface area contributed by atoms with Crippen LogP contribution >= 0.6 is 35.1 Å². The fourth-order valence-electron chi connectivity index (χ4n) is 5.70. The largest absolute Gasteiger partial charge is 0.450 e. The lowest BCUT2D eigenvalue weighted by Crippen LogP contribution is -2.57. The van der Waals surface area contributed by atoms with Crippen molar-refractivity contribution in [2.24, 2.45) is 0 Å². The fourth-order valence-corrected chi connectivity index (χ4v) is 8.30. The van der Waals surface area contributed by atoms with Crippen molar-refractivity contribution in [3.8, 4) is 0 Å². The summed E-state index contributed by atoms with van der Waals surface area (Å²) < 4.78 is 11.7. The third-order valence-electron chi connectivity index (χ3n) is 8.19. The third kappa shape index (κ3) is 8.34. The van der Waals surface area contributed by atoms with Gasteiger partial charge in [-0.3, -0.25) is 14.7 Å². The van der Waals surface area contributed by atoms with Crippen LogP contribution in [-0.4, -0.2) is 63.3 Å². The molecule has 1 fully saturated rings. The number of benzene rings is 3. The van der Waals surface area contributed by atoms with Crippen LogP contribution in [0.1, 0.15) is 43.4 Å². The molecular weight excluding hydrogens is 680 g/mol. The molecule has 2 aliphatic rings. The zero-order valence-electron chi connectivity index (χ0n) is 27.0. The van der Waals surface area contributed by atoms with Crippen molar-refractivity contribution < 1.29 is 23.9 Å². The van der Waals surface area contributed by atoms with Gasteiger partial charge >= 0.3 is 12.1 Å². The first-order valence-electron chi connectivity index (χ1n) is 16.2. The van der Waals surface area contributed by atoms with Gasteiger partial charge in [-0.05, 0) is 41.8 Å². The van der Waals surface area contributed by atoms with E-state index in [1.807, 2.05) is 91.9 Å². The molecule has 0 bridgehead atoms. The van der Waals surface area contributed by atoms with Gasteiger partial charge in [0.1, 0.15) is 11.1 Å². The molecule has 2 N–H and O–H groups in total. The highest BCUT2D eigenvalue weighted by Gasteiger charge is 2.49. The number of hydrogen-bond acceptors (Lipinski definition) is 9. The first-order chi connectivity index (χ1) is 23.9. The highest BCUT2D eigenvalue weighted by molar-refractivity contribution is 8.01. The van der Waals surface area contributed by atoms with Gasteiger partial charge in [0, 0.05) is 45.9 Å². The van der Waals surface area contributed by atoms with Crippen molar-refractivity contribution in [1.82, 2.24) is 15.2 Å². The van der Waals surface area contributed by atoms with Crippen molar-refractivity contribution in [2.45, 2.75) is 43.0 Å². The standard InChI is InChI=1S/C37H37ClN4O5S2/c1-2-3-19-46-37(45)41-35-28(23-48-20-18-40-29-16-17-39-30-21-26(38)14-15-27(29)30)33(42-31(43)22-32(42)49-35)36(44)47-34(24-10-6-4-7-11-24)25-12-8-5-9-13-25/h4-17,21,32,34-35H,2-3,18-20,22-23H2,1H3,(H,39,40)(H,41,45). The number of aromatic nitrogens is 1. The van der Waals surface area contributed by atoms with Crippen molar-refractivity contribution >= 4 is 69.7 Å². The smallest absolute Gasteiger partial charge is 0.408 e. The number of fused-ring (bicyclic) bond motifs is 2. The van der Waals surface area contributed by atoms with Crippen molar-refractivity contribution in [3.63, 3.8) is 0 Å². The van der Waals surface area contributed by atoms with E-state index in [-0.39, 0.29) is 23.4 Å². The summed E-state index contributed by atoms with van der Waals surface area (Å²) in [6, 6.07) is 26.6. The summed E-state index contributed by atoms with van der Waals surface area (Å²) in [5.74, 6) is 0.287. The van der Waals surface area contributed by atoms with Gasteiger partial charge in [0.05, 0.1) is 23.9 Å². The van der Waals surface area contributed by atoms with Gasteiger partial charge in [0.2, 0.25) is 5.91 Å². The van der Waals surface area contributed by atoms with Crippen LogP contribution in [0.15, 0.2) is 102 Å². The van der Waals surface area contributed by atoms with Gasteiger partial charge in [-0.2, -0.15) is 11.8 Å². The molecule has 4 aromatic rings. The Hall–Kier alpha value is -4.19. The van der Waals surface area contributed by atoms with E-state index in [0.717, 1.165) is 40.6 Å². The summed E-state index contributed by atoms with van der Waals surface area (Å²) in [5.41, 5.74) is 4.15. The Morgan fingerprint density at radius 2 is 1.80 bits per heavy atom. The minimum absolute atomic E-state index is 0.154. The Bertz CT molecular complexity index is 1790. The number of β-lactam (4-membered cyclic amide) rings is 1. The Morgan fingerprint density at radius 1 is 1.06 bits per heavy atom. The SMILES string of the molecule is CCCCOC(=O)NC1SC2CC(=O)N2C(C(=O)OC(c2ccccc2)c2ccccc2)=C1CSCCNc1ccnc2cc(Cl)ccc12. The number of nitrogens with zero attached hydrogens (tertiary/aromatic N) is 2. The topological polar surface area (TPSA) is 110 Å². The number of nitrogens with one attached hydrogen (secondary N) is 2. The summed E-state index contributed by atoms with van der Waals surface area (Å²) in [5, 5.41) is 7.16. The number of carbonyl (C=O) groups excluding carboxylic acids is 3. The Balaban J connectivity index is 1.25. The van der Waals surface area contributed by atoms with Gasteiger partial charge < -0.3 is 20.1 Å². The van der Waals surface area contributed by atoms with Crippen LogP contribution in [0.4, 0.5) is 10.5 Å². The van der Waals surface area contributed by atoms with Crippen LogP contribution in [0, 0.1) is 0 Å². The molecule has 3 aromatic carbocycles. The molecule has 2 amide bonds. The minimum atomic E-state index is -0.694. The average molecular weight is 717 g/mol. The van der Waals surface area contributed by atoms with Gasteiger partial charge in [-0.1, -0.05) is 85.6 Å². The number of ether oxygens (including phenoxy) is 2. The molecule has 9 nitrogen and oxygen atoms in total. The van der Waals surface area contributed by atoms with Crippen LogP contribution in [0.25, 0.3) is 10.9 Å². The lowest BCUT2D eigenvalue weighted by atomic mass is 10.0. The molecule has 254 valence electrons. The molecule has 12 heteroatoms. The van der Waals surface area contributed by atoms with Crippen molar-refractivity contribution in [2.75, 3.05) is 30.0 Å². The summed E-state index contributed by atoms with van der Waals surface area (Å²) in [6.45, 7) is 2.95. The van der Waals surface area contributed by atoms with E-state index >= 15 is 0 Å². The summed E-state index contributed by atoms with van der Waals surface area (Å²) >= 11 is 9.19. The monoisotopic (exact) mass is 716 g/mol. The fraction of sp³-hybridized carbons (Fsp3) is 0.297. The average Bonchev–Trinajstić information content (AvgIpc) is 3.11. The molecule has 49 heavy (non-hydrogen) atoms. The lowest BCUT2D eigenvalue weighted by Gasteiger charge is -2.47. The quantitative estimate of drug-likeness (QED) is 0.0768. The molecule has 1 saturated heterocycles. The highest BCUT2D eigenvalue weighted by Crippen LogP contribution is 2.45. The highest BCUT2D eigenvalue weighted by atomic mass is 35.5. The van der Waals surface area contributed by atoms with Gasteiger partial charge in [0.15, 0.2) is 6.10 Å². The second-order valence-electron chi connectivity index (χ2n) is 11.6. The Kier molecular flexibility index (Phi) is 11.7. The van der Waals surface area contributed by atoms with E-state index in [9.17, 15) is 14.4 Å². The van der Waals surface area contributed by atoms with Gasteiger partial charge in [-0.15, -0.1) is 11.8 Å². The van der Waals surface area contributed by atoms with Crippen LogP contribution in [-0.2, 0) is 19.1 Å². The second kappa shape index (κ2) is 16.5. The number of pyridine rings is 1. The second-order valence-corrected chi connectivity index (χ2v) is 14.4. The van der Waals surface area contributed by atoms with E-state index in [1.54, 1.807) is 18.0 Å². The molecule has 0 spiro atoms. The van der Waals surface area contributed by atoms with E-state index in [4.69, 9.17) is 21.1 Å². The maximum absolute atomic E-state index is 14.3. The first kappa shape index (κ1) is 34.7. The van der Waals surface area contributed by atoms with Crippen LogP contribution in [0.5, 0.6) is 0 Å². The number of alkyl carbamates (subject to hydrolysis) is 1. The summed E-state index contributed by atoms with van der Waals surface area (Å²) in [4.78, 5) is 46.2. The van der Waals surface area contributed by atoms with Gasteiger partial charge in [-0.25, -0.2) is 9.59 Å². The predicted molar refractivity (Wildman–Crippen MR) is 196 cm³/mol. The third-order valence-corrected chi connectivity index (χ3v) is 10.8. The van der Waals surface area contributed by atoms with Crippen LogP contribution in [0.2, 0.25) is 5.02 Å². The molecule has 2 aliphatic heterocycles. The van der Waals surface area contributed by atoms with Crippen LogP contribution < -0.4 is 10.6 Å². The van der Waals surface area contributed by atoms with E-state index in [1.165, 1.54) is 16.7 Å². The molecule has 6 rings (SSSR count). The molecule has 0 saturated carbocycles. The summed E-state index contributed by atoms with van der Waals surface area (Å²) in [7, 11) is 0. The number of unbranched alkanes of at least 4 members (excludes halogenated alkanes) is 1. The number of amides is 2. The molecular formula is C37H37ClN4O5S2. The lowest BCUT2D eigenvalue weighted by molar-refractivity contribution is -0.151. The van der Waals surface area contributed by atoms with E-state index in [2.05, 4.69) is 15.6 Å². The first-order valence-corrected chi connectivity index (χ1v) is 18.7. The normalized spacial score (nSPS) is 17.0. The van der Waals surface area contributed by atoms with Crippen molar-refractivity contribution in [1.29, 1.82) is 0 Å². The number of hydrogen-bond donors (Lipinski definition) is 2. The molecule has 0 radical (unpaired) electrons. The molecule has 2 unspecified atom stereocenters. The summed E-state index contributed by atoms with van der Waals surface area (Å²) in [6.07, 6.45) is 2.40. The zero-order chi connectivity index (χ0) is 34.2. The number of halogens is 1. The van der Waals surface area contributed by atoms with E-state index in [0.29, 0.717) is 35.3 Å².